The van der Waals surface area contributed by atoms with Gasteiger partial charge in [-0.2, -0.15) is 0 Å². The molecule has 0 unspecified atom stereocenters. The molecule has 3 atom stereocenters. The zero-order valence-corrected chi connectivity index (χ0v) is 23.1. The lowest BCUT2D eigenvalue weighted by atomic mass is 10.0. The van der Waals surface area contributed by atoms with Crippen LogP contribution in [0.4, 0.5) is 0 Å². The lowest BCUT2D eigenvalue weighted by Crippen LogP contribution is -2.42. The number of hydrogen-bond donors (Lipinski definition) is 0. The third-order valence-electron chi connectivity index (χ3n) is 5.23. The molecule has 8 nitrogen and oxygen atoms in total. The Kier molecular flexibility index (Phi) is 11.7. The number of halogens is 1. The van der Waals surface area contributed by atoms with Gasteiger partial charge in [0.1, 0.15) is 24.7 Å². The highest BCUT2D eigenvalue weighted by atomic mass is 35.5. The third kappa shape index (κ3) is 8.06. The van der Waals surface area contributed by atoms with E-state index in [9.17, 15) is 0 Å². The molecular weight excluding hydrogens is 448 g/mol. The molecule has 2 rings (SSSR count). The molecule has 2 aliphatic heterocycles. The molecule has 10 heteroatoms. The fourth-order valence-electron chi connectivity index (χ4n) is 3.30. The van der Waals surface area contributed by atoms with Crippen molar-refractivity contribution in [2.24, 2.45) is 31.8 Å². The lowest BCUT2D eigenvalue weighted by molar-refractivity contribution is 0.335. The quantitative estimate of drug-likeness (QED) is 0.431. The molecule has 2 heterocycles. The summed E-state index contributed by atoms with van der Waals surface area (Å²) < 4.78 is 21.0. The summed E-state index contributed by atoms with van der Waals surface area (Å²) in [6.45, 7) is 13.4. The van der Waals surface area contributed by atoms with Crippen molar-refractivity contribution < 1.29 is 18.9 Å². The van der Waals surface area contributed by atoms with E-state index in [0.29, 0.717) is 47.5 Å². The predicted molar refractivity (Wildman–Crippen MR) is 137 cm³/mol. The maximum Gasteiger partial charge on any atom is 0.209 e. The van der Waals surface area contributed by atoms with Crippen LogP contribution in [-0.2, 0) is 18.9 Å². The van der Waals surface area contributed by atoms with Crippen molar-refractivity contribution >= 4 is 43.3 Å². The van der Waals surface area contributed by atoms with Gasteiger partial charge in [-0.25, -0.2) is 20.0 Å². The first kappa shape index (κ1) is 28.4. The Balaban J connectivity index is 0.000000343. The van der Waals surface area contributed by atoms with Crippen LogP contribution in [0.15, 0.2) is 20.0 Å². The maximum absolute atomic E-state index is 6.05. The summed E-state index contributed by atoms with van der Waals surface area (Å²) in [5.74, 6) is 3.52. The van der Waals surface area contributed by atoms with E-state index in [2.05, 4.69) is 55.8 Å². The van der Waals surface area contributed by atoms with Crippen molar-refractivity contribution in [1.82, 2.24) is 0 Å². The summed E-state index contributed by atoms with van der Waals surface area (Å²) in [6, 6.07) is 0.849. The number of aliphatic imine (C=N–C) groups is 4. The van der Waals surface area contributed by atoms with Gasteiger partial charge < -0.3 is 18.9 Å². The molecule has 0 fully saturated rings. The van der Waals surface area contributed by atoms with Crippen LogP contribution in [0.1, 0.15) is 27.7 Å². The van der Waals surface area contributed by atoms with Crippen molar-refractivity contribution in [2.45, 2.75) is 65.0 Å². The van der Waals surface area contributed by atoms with Gasteiger partial charge in [0.2, 0.25) is 23.6 Å². The fraction of sp³-hybridized carbons (Fsp3) is 0.818. The van der Waals surface area contributed by atoms with E-state index in [-0.39, 0.29) is 18.1 Å². The Labute approximate surface area is 199 Å². The van der Waals surface area contributed by atoms with Gasteiger partial charge in [0.25, 0.3) is 0 Å². The van der Waals surface area contributed by atoms with E-state index in [4.69, 9.17) is 35.5 Å². The number of nitrogens with zero attached hydrogens (tertiary/aromatic N) is 4. The zero-order valence-electron chi connectivity index (χ0n) is 21.3. The third-order valence-corrected chi connectivity index (χ3v) is 9.61. The molecule has 0 aromatic rings. The second-order valence-electron chi connectivity index (χ2n) is 9.32. The van der Waals surface area contributed by atoms with E-state index >= 15 is 0 Å². The van der Waals surface area contributed by atoms with Gasteiger partial charge >= 0.3 is 0 Å². The highest BCUT2D eigenvalue weighted by Crippen LogP contribution is 2.24. The number of rotatable bonds is 5. The van der Waals surface area contributed by atoms with E-state index in [1.54, 1.807) is 28.4 Å². The smallest absolute Gasteiger partial charge is 0.209 e. The molecule has 0 spiro atoms. The minimum atomic E-state index is -1.47. The Morgan fingerprint density at radius 1 is 0.812 bits per heavy atom. The second kappa shape index (κ2) is 13.2. The minimum Gasteiger partial charge on any atom is -0.483 e. The van der Waals surface area contributed by atoms with Gasteiger partial charge in [0, 0.05) is 5.50 Å². The zero-order chi connectivity index (χ0) is 24.5. The van der Waals surface area contributed by atoms with Crippen molar-refractivity contribution in [3.05, 3.63) is 0 Å². The molecule has 0 saturated carbocycles. The first-order chi connectivity index (χ1) is 15.0. The summed E-state index contributed by atoms with van der Waals surface area (Å²) in [4.78, 5) is 18.0. The average Bonchev–Trinajstić information content (AvgIpc) is 2.78. The Hall–Kier alpha value is -1.61. The maximum atomic E-state index is 6.05. The average molecular weight is 489 g/mol. The molecule has 2 aliphatic rings. The molecule has 184 valence electrons. The number of ether oxygens (including phenoxy) is 4. The summed E-state index contributed by atoms with van der Waals surface area (Å²) in [6.07, 6.45) is 0. The van der Waals surface area contributed by atoms with Crippen LogP contribution in [0.25, 0.3) is 0 Å². The monoisotopic (exact) mass is 488 g/mol. The van der Waals surface area contributed by atoms with Gasteiger partial charge in [-0.1, -0.05) is 40.8 Å². The number of alkyl halides is 1. The molecule has 0 amide bonds. The number of methoxy groups -OCH3 is 4. The lowest BCUT2D eigenvalue weighted by Gasteiger charge is -2.30. The van der Waals surface area contributed by atoms with E-state index in [1.165, 1.54) is 0 Å². The first-order valence-electron chi connectivity index (χ1n) is 11.0. The second-order valence-corrected chi connectivity index (χ2v) is 15.1. The van der Waals surface area contributed by atoms with Crippen LogP contribution in [0, 0.1) is 11.8 Å². The number of hydrogen-bond acceptors (Lipinski definition) is 8. The van der Waals surface area contributed by atoms with Crippen LogP contribution < -0.4 is 0 Å². The van der Waals surface area contributed by atoms with Gasteiger partial charge in [-0.05, 0) is 17.9 Å². The molecular formula is C22H41ClN4O4Si. The molecule has 0 bridgehead atoms. The Morgan fingerprint density at radius 2 is 1.34 bits per heavy atom. The molecule has 0 aromatic carbocycles. The topological polar surface area (TPSA) is 86.4 Å². The van der Waals surface area contributed by atoms with Crippen LogP contribution in [0.5, 0.6) is 0 Å². The molecule has 0 aromatic heterocycles. The highest BCUT2D eigenvalue weighted by molar-refractivity contribution is 6.83. The highest BCUT2D eigenvalue weighted by Gasteiger charge is 2.34. The van der Waals surface area contributed by atoms with Crippen molar-refractivity contribution in [2.75, 3.05) is 40.5 Å². The van der Waals surface area contributed by atoms with Crippen LogP contribution >= 0.6 is 11.6 Å². The molecule has 0 radical (unpaired) electrons. The molecule has 32 heavy (non-hydrogen) atoms. The summed E-state index contributed by atoms with van der Waals surface area (Å²) >= 11 is 6.05. The summed E-state index contributed by atoms with van der Waals surface area (Å²) in [5, 5.41) is 0. The molecule has 0 aliphatic carbocycles. The standard InChI is InChI=1S/C13H25ClN2O2Si.C9H16N2O2/c1-9(2)11-13(18-4)15-10(12(16-11)17-3)7-19(5,6)8-14;1-6(2)8-9(13-4)10-5-7(11-8)12-3/h9-11H,7-8H2,1-6H3;6,8H,5H2,1-4H3/t10-,11+;8-/m01/s1. The van der Waals surface area contributed by atoms with E-state index in [0.717, 1.165) is 6.04 Å². The van der Waals surface area contributed by atoms with Crippen LogP contribution in [-0.4, -0.2) is 90.3 Å². The van der Waals surface area contributed by atoms with Crippen molar-refractivity contribution in [1.29, 1.82) is 0 Å². The van der Waals surface area contributed by atoms with Gasteiger partial charge in [0.15, 0.2) is 0 Å². The molecule has 0 saturated heterocycles. The van der Waals surface area contributed by atoms with E-state index < -0.39 is 8.07 Å². The van der Waals surface area contributed by atoms with Gasteiger partial charge in [-0.15, -0.1) is 11.6 Å². The largest absolute Gasteiger partial charge is 0.483 e. The Bertz CT molecular complexity index is 723. The summed E-state index contributed by atoms with van der Waals surface area (Å²) in [7, 11) is 5.08. The van der Waals surface area contributed by atoms with Crippen LogP contribution in [0.2, 0.25) is 19.1 Å². The van der Waals surface area contributed by atoms with Crippen molar-refractivity contribution in [3.63, 3.8) is 0 Å². The summed E-state index contributed by atoms with van der Waals surface area (Å²) in [5.41, 5.74) is 0.714. The Morgan fingerprint density at radius 3 is 1.78 bits per heavy atom. The van der Waals surface area contributed by atoms with Gasteiger partial charge in [0.05, 0.1) is 36.5 Å². The van der Waals surface area contributed by atoms with E-state index in [1.807, 2.05) is 0 Å². The predicted octanol–water partition coefficient (Wildman–Crippen LogP) is 4.08. The first-order valence-corrected chi connectivity index (χ1v) is 15.0. The minimum absolute atomic E-state index is 0.00806. The molecule has 0 N–H and O–H groups in total. The van der Waals surface area contributed by atoms with Crippen LogP contribution in [0.3, 0.4) is 0 Å². The SMILES string of the molecule is COC1=N[C@H](C(C)C)C(OC)=NC1.COC1=N[C@H](C(C)C)C(OC)=N[C@H]1C[Si](C)(C)CCl. The fourth-order valence-corrected chi connectivity index (χ4v) is 5.05. The normalized spacial score (nSPS) is 23.3. The van der Waals surface area contributed by atoms with Gasteiger partial charge in [-0.3, -0.25) is 0 Å². The van der Waals surface area contributed by atoms with Crippen molar-refractivity contribution in [3.8, 4) is 0 Å².